The Hall–Kier alpha value is -2.28. The summed E-state index contributed by atoms with van der Waals surface area (Å²) in [6.45, 7) is 0.185. The first-order chi connectivity index (χ1) is 11.5. The second kappa shape index (κ2) is 6.68. The summed E-state index contributed by atoms with van der Waals surface area (Å²) >= 11 is 3.38. The summed E-state index contributed by atoms with van der Waals surface area (Å²) in [5.74, 6) is -2.71. The summed E-state index contributed by atoms with van der Waals surface area (Å²) in [4.78, 5) is 26.0. The normalized spacial score (nSPS) is 17.2. The summed E-state index contributed by atoms with van der Waals surface area (Å²) in [7, 11) is 0. The molecule has 0 aliphatic carbocycles. The fourth-order valence-electron chi connectivity index (χ4n) is 2.61. The summed E-state index contributed by atoms with van der Waals surface area (Å²) in [6.07, 6.45) is 0.0180. The van der Waals surface area contributed by atoms with Crippen LogP contribution in [0.1, 0.15) is 6.42 Å². The van der Waals surface area contributed by atoms with E-state index in [9.17, 15) is 18.4 Å². The lowest BCUT2D eigenvalue weighted by Crippen LogP contribution is -2.28. The molecule has 1 aliphatic heterocycles. The molecule has 4 nitrogen and oxygen atoms in total. The molecule has 1 fully saturated rings. The van der Waals surface area contributed by atoms with Crippen LogP contribution in [0.3, 0.4) is 0 Å². The highest BCUT2D eigenvalue weighted by molar-refractivity contribution is 9.10. The molecule has 0 bridgehead atoms. The van der Waals surface area contributed by atoms with Crippen molar-refractivity contribution in [2.75, 3.05) is 16.8 Å². The molecule has 1 aliphatic rings. The molecule has 2 aromatic rings. The third kappa shape index (κ3) is 3.31. The first-order valence-corrected chi connectivity index (χ1v) is 8.06. The molecule has 24 heavy (non-hydrogen) atoms. The molecule has 124 valence electrons. The standard InChI is InChI=1S/C17H13BrF2N2O2/c18-12-3-1-2-4-15(12)22-9-10(7-16(22)23)17(24)21-14-8-11(19)5-6-13(14)20/h1-6,8,10H,7,9H2,(H,21,24)/t10-/m0/s1. The lowest BCUT2D eigenvalue weighted by Gasteiger charge is -2.18. The molecule has 3 rings (SSSR count). The monoisotopic (exact) mass is 394 g/mol. The molecule has 0 unspecified atom stereocenters. The Kier molecular flexibility index (Phi) is 4.62. The van der Waals surface area contributed by atoms with Gasteiger partial charge in [0.05, 0.1) is 17.3 Å². The highest BCUT2D eigenvalue weighted by atomic mass is 79.9. The average Bonchev–Trinajstić information content (AvgIpc) is 2.93. The largest absolute Gasteiger partial charge is 0.323 e. The van der Waals surface area contributed by atoms with Gasteiger partial charge >= 0.3 is 0 Å². The van der Waals surface area contributed by atoms with E-state index in [-0.39, 0.29) is 24.6 Å². The Morgan fingerprint density at radius 1 is 1.21 bits per heavy atom. The van der Waals surface area contributed by atoms with Gasteiger partial charge in [-0.15, -0.1) is 0 Å². The van der Waals surface area contributed by atoms with Gasteiger partial charge in [-0.05, 0) is 40.2 Å². The van der Waals surface area contributed by atoms with Crippen LogP contribution in [0.15, 0.2) is 46.9 Å². The van der Waals surface area contributed by atoms with Gasteiger partial charge in [0, 0.05) is 23.5 Å². The predicted molar refractivity (Wildman–Crippen MR) is 89.6 cm³/mol. The number of amides is 2. The molecule has 2 aromatic carbocycles. The van der Waals surface area contributed by atoms with Gasteiger partial charge in [-0.1, -0.05) is 12.1 Å². The lowest BCUT2D eigenvalue weighted by molar-refractivity contribution is -0.122. The van der Waals surface area contributed by atoms with E-state index in [4.69, 9.17) is 0 Å². The molecule has 1 saturated heterocycles. The highest BCUT2D eigenvalue weighted by Gasteiger charge is 2.36. The van der Waals surface area contributed by atoms with Crippen LogP contribution in [0, 0.1) is 17.6 Å². The zero-order valence-corrected chi connectivity index (χ0v) is 14.0. The first kappa shape index (κ1) is 16.6. The van der Waals surface area contributed by atoms with Gasteiger partial charge in [-0.25, -0.2) is 8.78 Å². The molecule has 1 N–H and O–H groups in total. The van der Waals surface area contributed by atoms with Gasteiger partial charge in [0.25, 0.3) is 0 Å². The Balaban J connectivity index is 1.75. The number of carbonyl (C=O) groups excluding carboxylic acids is 2. The molecule has 0 spiro atoms. The second-order valence-corrected chi connectivity index (χ2v) is 6.32. The van der Waals surface area contributed by atoms with E-state index in [0.29, 0.717) is 5.69 Å². The van der Waals surface area contributed by atoms with Crippen molar-refractivity contribution in [3.63, 3.8) is 0 Å². The maximum Gasteiger partial charge on any atom is 0.229 e. The van der Waals surface area contributed by atoms with E-state index in [0.717, 1.165) is 22.7 Å². The number of carbonyl (C=O) groups is 2. The summed E-state index contributed by atoms with van der Waals surface area (Å²) in [6, 6.07) is 10.0. The van der Waals surface area contributed by atoms with E-state index in [1.54, 1.807) is 18.2 Å². The Labute approximate surface area is 145 Å². The van der Waals surface area contributed by atoms with E-state index in [2.05, 4.69) is 21.2 Å². The molecule has 2 amide bonds. The number of para-hydroxylation sites is 1. The molecule has 0 saturated carbocycles. The number of rotatable bonds is 3. The van der Waals surface area contributed by atoms with Crippen LogP contribution >= 0.6 is 15.9 Å². The Morgan fingerprint density at radius 3 is 2.71 bits per heavy atom. The third-order valence-corrected chi connectivity index (χ3v) is 4.50. The van der Waals surface area contributed by atoms with E-state index < -0.39 is 23.5 Å². The summed E-state index contributed by atoms with van der Waals surface area (Å²) in [5.41, 5.74) is 0.446. The average molecular weight is 395 g/mol. The zero-order chi connectivity index (χ0) is 17.3. The zero-order valence-electron chi connectivity index (χ0n) is 12.4. The van der Waals surface area contributed by atoms with Gasteiger partial charge in [0.15, 0.2) is 0 Å². The minimum Gasteiger partial charge on any atom is -0.323 e. The number of halogens is 3. The van der Waals surface area contributed by atoms with E-state index in [1.165, 1.54) is 4.90 Å². The van der Waals surface area contributed by atoms with E-state index in [1.807, 2.05) is 6.07 Å². The van der Waals surface area contributed by atoms with Gasteiger partial charge in [0.2, 0.25) is 11.8 Å². The van der Waals surface area contributed by atoms with Gasteiger partial charge < -0.3 is 10.2 Å². The van der Waals surface area contributed by atoms with E-state index >= 15 is 0 Å². The van der Waals surface area contributed by atoms with Crippen molar-refractivity contribution in [1.82, 2.24) is 0 Å². The number of hydrogen-bond acceptors (Lipinski definition) is 2. The Morgan fingerprint density at radius 2 is 1.96 bits per heavy atom. The summed E-state index contributed by atoms with van der Waals surface area (Å²) in [5, 5.41) is 2.36. The highest BCUT2D eigenvalue weighted by Crippen LogP contribution is 2.31. The van der Waals surface area contributed by atoms with Gasteiger partial charge in [-0.3, -0.25) is 9.59 Å². The quantitative estimate of drug-likeness (QED) is 0.862. The molecule has 0 radical (unpaired) electrons. The maximum absolute atomic E-state index is 13.6. The smallest absolute Gasteiger partial charge is 0.229 e. The van der Waals surface area contributed by atoms with Crippen molar-refractivity contribution < 1.29 is 18.4 Å². The van der Waals surface area contributed by atoms with Crippen LogP contribution < -0.4 is 10.2 Å². The van der Waals surface area contributed by atoms with Crippen molar-refractivity contribution in [2.45, 2.75) is 6.42 Å². The number of nitrogens with zero attached hydrogens (tertiary/aromatic N) is 1. The molecule has 1 atom stereocenters. The van der Waals surface area contributed by atoms with Crippen molar-refractivity contribution in [1.29, 1.82) is 0 Å². The van der Waals surface area contributed by atoms with Gasteiger partial charge in [-0.2, -0.15) is 0 Å². The number of benzene rings is 2. The Bertz CT molecular complexity index is 813. The molecule has 0 aromatic heterocycles. The fourth-order valence-corrected chi connectivity index (χ4v) is 3.11. The van der Waals surface area contributed by atoms with Crippen molar-refractivity contribution in [3.05, 3.63) is 58.6 Å². The van der Waals surface area contributed by atoms with Crippen molar-refractivity contribution >= 4 is 39.1 Å². The van der Waals surface area contributed by atoms with Crippen LogP contribution in [-0.2, 0) is 9.59 Å². The minimum atomic E-state index is -0.725. The molecule has 7 heteroatoms. The number of hydrogen-bond donors (Lipinski definition) is 1. The number of anilines is 2. The number of nitrogens with one attached hydrogen (secondary N) is 1. The molecule has 1 heterocycles. The van der Waals surface area contributed by atoms with Crippen LogP contribution in [0.4, 0.5) is 20.2 Å². The SMILES string of the molecule is O=C(Nc1cc(F)ccc1F)[C@H]1CC(=O)N(c2ccccc2Br)C1. The fraction of sp³-hybridized carbons (Fsp3) is 0.176. The third-order valence-electron chi connectivity index (χ3n) is 3.83. The van der Waals surface area contributed by atoms with Crippen molar-refractivity contribution in [3.8, 4) is 0 Å². The van der Waals surface area contributed by atoms with Gasteiger partial charge in [0.1, 0.15) is 11.6 Å². The van der Waals surface area contributed by atoms with Crippen LogP contribution in [-0.4, -0.2) is 18.4 Å². The minimum absolute atomic E-state index is 0.0180. The topological polar surface area (TPSA) is 49.4 Å². The molecular weight excluding hydrogens is 382 g/mol. The second-order valence-electron chi connectivity index (χ2n) is 5.47. The van der Waals surface area contributed by atoms with Crippen LogP contribution in [0.25, 0.3) is 0 Å². The van der Waals surface area contributed by atoms with Crippen molar-refractivity contribution in [2.24, 2.45) is 5.92 Å². The lowest BCUT2D eigenvalue weighted by atomic mass is 10.1. The predicted octanol–water partition coefficient (Wildman–Crippen LogP) is 3.72. The maximum atomic E-state index is 13.6. The summed E-state index contributed by atoms with van der Waals surface area (Å²) < 4.78 is 27.5. The van der Waals surface area contributed by atoms with Crippen LogP contribution in [0.5, 0.6) is 0 Å². The van der Waals surface area contributed by atoms with Crippen LogP contribution in [0.2, 0.25) is 0 Å². The molecular formula is C17H13BrF2N2O2. The first-order valence-electron chi connectivity index (χ1n) is 7.26.